The zero-order valence-corrected chi connectivity index (χ0v) is 24.3. The van der Waals surface area contributed by atoms with Crippen LogP contribution >= 0.6 is 0 Å². The molecule has 1 amide bonds. The van der Waals surface area contributed by atoms with E-state index in [9.17, 15) is 10.1 Å². The minimum absolute atomic E-state index is 0.227. The zero-order valence-electron chi connectivity index (χ0n) is 24.3. The van der Waals surface area contributed by atoms with Crippen LogP contribution in [0.5, 0.6) is 0 Å². The predicted octanol–water partition coefficient (Wildman–Crippen LogP) is 5.26. The number of rotatable bonds is 4. The van der Waals surface area contributed by atoms with Crippen LogP contribution in [0.3, 0.4) is 0 Å². The van der Waals surface area contributed by atoms with Crippen molar-refractivity contribution < 1.29 is 9.53 Å². The first kappa shape index (κ1) is 27.7. The second-order valence-electron chi connectivity index (χ2n) is 12.0. The lowest BCUT2D eigenvalue weighted by Crippen LogP contribution is -2.56. The molecule has 3 aromatic rings. The molecule has 2 aromatic carbocycles. The summed E-state index contributed by atoms with van der Waals surface area (Å²) in [5.41, 5.74) is 4.57. The SMILES string of the molecule is C[C@@H]1CN(c2ccc(C#N)c3ncccc23)C[C@H](C)N1Cc1ccc(N2CCN(C(=O)OC(C)(C)C)CC2)cc1. The Bertz CT molecular complexity index is 1370. The Kier molecular flexibility index (Phi) is 7.86. The van der Waals surface area contributed by atoms with Crippen molar-refractivity contribution in [2.24, 2.45) is 0 Å². The Hall–Kier alpha value is -3.83. The first-order valence-corrected chi connectivity index (χ1v) is 14.2. The van der Waals surface area contributed by atoms with Gasteiger partial charge in [-0.25, -0.2) is 4.79 Å². The van der Waals surface area contributed by atoms with Crippen LogP contribution in [0.15, 0.2) is 54.7 Å². The number of carbonyl (C=O) groups excluding carboxylic acids is 1. The lowest BCUT2D eigenvalue weighted by Gasteiger charge is -2.45. The lowest BCUT2D eigenvalue weighted by atomic mass is 10.0. The Morgan fingerprint density at radius 2 is 1.65 bits per heavy atom. The smallest absolute Gasteiger partial charge is 0.410 e. The average Bonchev–Trinajstić information content (AvgIpc) is 2.94. The maximum Gasteiger partial charge on any atom is 0.410 e. The Balaban J connectivity index is 1.19. The molecule has 0 N–H and O–H groups in total. The molecule has 8 nitrogen and oxygen atoms in total. The van der Waals surface area contributed by atoms with Gasteiger partial charge < -0.3 is 19.4 Å². The van der Waals surface area contributed by atoms with Gasteiger partial charge in [-0.1, -0.05) is 12.1 Å². The second kappa shape index (κ2) is 11.3. The quantitative estimate of drug-likeness (QED) is 0.447. The molecule has 0 spiro atoms. The van der Waals surface area contributed by atoms with Gasteiger partial charge in [-0.2, -0.15) is 5.26 Å². The van der Waals surface area contributed by atoms with Crippen LogP contribution in [0.1, 0.15) is 45.7 Å². The average molecular weight is 541 g/mol. The molecule has 0 bridgehead atoms. The number of ether oxygens (including phenoxy) is 1. The van der Waals surface area contributed by atoms with E-state index in [1.807, 2.05) is 32.9 Å². The number of fused-ring (bicyclic) bond motifs is 1. The molecule has 0 aliphatic carbocycles. The van der Waals surface area contributed by atoms with E-state index in [-0.39, 0.29) is 6.09 Å². The molecule has 1 aromatic heterocycles. The number of carbonyl (C=O) groups is 1. The van der Waals surface area contributed by atoms with Gasteiger partial charge in [0.25, 0.3) is 0 Å². The van der Waals surface area contributed by atoms with Gasteiger partial charge in [-0.15, -0.1) is 0 Å². The summed E-state index contributed by atoms with van der Waals surface area (Å²) in [6, 6.07) is 19.9. The molecule has 3 heterocycles. The van der Waals surface area contributed by atoms with Gasteiger partial charge in [-0.3, -0.25) is 9.88 Å². The van der Waals surface area contributed by atoms with E-state index in [0.717, 1.165) is 49.3 Å². The molecule has 0 saturated carbocycles. The molecule has 2 aliphatic heterocycles. The topological polar surface area (TPSA) is 75.9 Å². The fourth-order valence-corrected chi connectivity index (χ4v) is 5.89. The standard InChI is InChI=1S/C32H40N6O2/c1-23-20-37(29-13-10-26(19-33)30-28(29)7-6-14-34-30)21-24(2)38(23)22-25-8-11-27(12-9-25)35-15-17-36(18-16-35)31(39)40-32(3,4)5/h6-14,23-24H,15-18,20-22H2,1-5H3/t23-,24+. The predicted molar refractivity (Wildman–Crippen MR) is 160 cm³/mol. The molecule has 2 aliphatic rings. The fraction of sp³-hybridized carbons (Fsp3) is 0.469. The van der Waals surface area contributed by atoms with Crippen LogP contribution in [-0.2, 0) is 11.3 Å². The molecule has 0 radical (unpaired) electrons. The van der Waals surface area contributed by atoms with Crippen molar-refractivity contribution in [2.45, 2.75) is 58.8 Å². The molecule has 8 heteroatoms. The van der Waals surface area contributed by atoms with E-state index in [1.165, 1.54) is 11.3 Å². The summed E-state index contributed by atoms with van der Waals surface area (Å²) in [6.07, 6.45) is 1.53. The first-order chi connectivity index (χ1) is 19.1. The number of pyridine rings is 1. The summed E-state index contributed by atoms with van der Waals surface area (Å²) in [4.78, 5) is 26.0. The van der Waals surface area contributed by atoms with Crippen LogP contribution in [0.4, 0.5) is 16.2 Å². The molecule has 210 valence electrons. The molecule has 0 unspecified atom stereocenters. The summed E-state index contributed by atoms with van der Waals surface area (Å²) in [5, 5.41) is 10.6. The number of piperazine rings is 2. The van der Waals surface area contributed by atoms with Crippen molar-refractivity contribution in [3.05, 3.63) is 65.9 Å². The number of hydrogen-bond donors (Lipinski definition) is 0. The van der Waals surface area contributed by atoms with Gasteiger partial charge in [-0.05, 0) is 76.6 Å². The third-order valence-corrected chi connectivity index (χ3v) is 7.91. The summed E-state index contributed by atoms with van der Waals surface area (Å²) < 4.78 is 5.53. The molecule has 2 atom stereocenters. The minimum Gasteiger partial charge on any atom is -0.444 e. The van der Waals surface area contributed by atoms with Crippen molar-refractivity contribution in [1.82, 2.24) is 14.8 Å². The highest BCUT2D eigenvalue weighted by Gasteiger charge is 2.31. The number of benzene rings is 2. The van der Waals surface area contributed by atoms with Crippen molar-refractivity contribution in [1.29, 1.82) is 5.26 Å². The Labute approximate surface area is 237 Å². The van der Waals surface area contributed by atoms with Gasteiger partial charge in [0.1, 0.15) is 11.7 Å². The minimum atomic E-state index is -0.471. The van der Waals surface area contributed by atoms with Crippen LogP contribution in [-0.4, -0.2) is 77.8 Å². The summed E-state index contributed by atoms with van der Waals surface area (Å²) in [7, 11) is 0. The normalized spacial score (nSPS) is 20.4. The third kappa shape index (κ3) is 6.00. The summed E-state index contributed by atoms with van der Waals surface area (Å²) in [6.45, 7) is 16.0. The largest absolute Gasteiger partial charge is 0.444 e. The molecule has 40 heavy (non-hydrogen) atoms. The summed E-state index contributed by atoms with van der Waals surface area (Å²) in [5.74, 6) is 0. The van der Waals surface area contributed by atoms with Crippen molar-refractivity contribution in [3.63, 3.8) is 0 Å². The first-order valence-electron chi connectivity index (χ1n) is 14.2. The fourth-order valence-electron chi connectivity index (χ4n) is 5.89. The van der Waals surface area contributed by atoms with Crippen molar-refractivity contribution >= 4 is 28.4 Å². The van der Waals surface area contributed by atoms with Gasteiger partial charge >= 0.3 is 6.09 Å². The third-order valence-electron chi connectivity index (χ3n) is 7.91. The van der Waals surface area contributed by atoms with Gasteiger partial charge in [0.2, 0.25) is 0 Å². The molecule has 2 fully saturated rings. The maximum absolute atomic E-state index is 12.4. The molecular weight excluding hydrogens is 500 g/mol. The van der Waals surface area contributed by atoms with Crippen LogP contribution in [0.25, 0.3) is 10.9 Å². The van der Waals surface area contributed by atoms with Gasteiger partial charge in [0.15, 0.2) is 0 Å². The van der Waals surface area contributed by atoms with Crippen molar-refractivity contribution in [3.8, 4) is 6.07 Å². The molecular formula is C32H40N6O2. The second-order valence-corrected chi connectivity index (χ2v) is 12.0. The van der Waals surface area contributed by atoms with E-state index in [1.54, 1.807) is 11.1 Å². The van der Waals surface area contributed by atoms with E-state index >= 15 is 0 Å². The Morgan fingerprint density at radius 3 is 2.27 bits per heavy atom. The van der Waals surface area contributed by atoms with Crippen molar-refractivity contribution in [2.75, 3.05) is 49.1 Å². The zero-order chi connectivity index (χ0) is 28.4. The monoisotopic (exact) mass is 540 g/mol. The van der Waals surface area contributed by atoms with Crippen LogP contribution in [0.2, 0.25) is 0 Å². The van der Waals surface area contributed by atoms with Crippen LogP contribution < -0.4 is 9.80 Å². The van der Waals surface area contributed by atoms with Gasteiger partial charge in [0.05, 0.1) is 11.1 Å². The molecule has 5 rings (SSSR count). The number of hydrogen-bond acceptors (Lipinski definition) is 7. The highest BCUT2D eigenvalue weighted by Crippen LogP contribution is 2.31. The van der Waals surface area contributed by atoms with E-state index in [4.69, 9.17) is 4.74 Å². The highest BCUT2D eigenvalue weighted by atomic mass is 16.6. The highest BCUT2D eigenvalue weighted by molar-refractivity contribution is 5.95. The maximum atomic E-state index is 12.4. The number of nitriles is 1. The summed E-state index contributed by atoms with van der Waals surface area (Å²) >= 11 is 0. The number of anilines is 2. The lowest BCUT2D eigenvalue weighted by molar-refractivity contribution is 0.0240. The van der Waals surface area contributed by atoms with E-state index in [0.29, 0.717) is 30.7 Å². The number of amides is 1. The molecule has 2 saturated heterocycles. The number of nitrogens with zero attached hydrogens (tertiary/aromatic N) is 6. The Morgan fingerprint density at radius 1 is 0.975 bits per heavy atom. The van der Waals surface area contributed by atoms with E-state index in [2.05, 4.69) is 76.0 Å². The number of aromatic nitrogens is 1. The van der Waals surface area contributed by atoms with Gasteiger partial charge in [0, 0.05) is 80.9 Å². The van der Waals surface area contributed by atoms with E-state index < -0.39 is 5.60 Å². The van der Waals surface area contributed by atoms with Crippen LogP contribution in [0, 0.1) is 11.3 Å².